The van der Waals surface area contributed by atoms with E-state index >= 15 is 0 Å². The Morgan fingerprint density at radius 3 is 2.65 bits per heavy atom. The van der Waals surface area contributed by atoms with Gasteiger partial charge in [-0.25, -0.2) is 0 Å². The van der Waals surface area contributed by atoms with Crippen LogP contribution in [0.1, 0.15) is 46.5 Å². The van der Waals surface area contributed by atoms with Crippen LogP contribution in [0, 0.1) is 11.8 Å². The lowest BCUT2D eigenvalue weighted by molar-refractivity contribution is -0.0180. The van der Waals surface area contributed by atoms with E-state index in [0.717, 1.165) is 57.2 Å². The third-order valence-electron chi connectivity index (χ3n) is 5.19. The van der Waals surface area contributed by atoms with Crippen LogP contribution in [0.2, 0.25) is 0 Å². The molecule has 154 valence electrons. The minimum atomic E-state index is -0.820. The van der Waals surface area contributed by atoms with Crippen molar-refractivity contribution in [1.82, 2.24) is 15.5 Å². The van der Waals surface area contributed by atoms with Crippen LogP contribution in [0.3, 0.4) is 0 Å². The molecule has 1 heterocycles. The van der Waals surface area contributed by atoms with Gasteiger partial charge in [-0.2, -0.15) is 0 Å². The minimum Gasteiger partial charge on any atom is -0.387 e. The first-order valence-corrected chi connectivity index (χ1v) is 10.0. The molecule has 3 atom stereocenters. The second kappa shape index (κ2) is 12.4. The highest BCUT2D eigenvalue weighted by molar-refractivity contribution is 14.0. The SMILES string of the molecule is CCNC(=NCC(C)(O)CN1CCOCC1)NCC1CCCC(C)C1.I. The molecule has 0 spiro atoms. The maximum absolute atomic E-state index is 10.7. The van der Waals surface area contributed by atoms with Crippen LogP contribution < -0.4 is 10.6 Å². The number of guanidine groups is 1. The molecule has 1 saturated heterocycles. The van der Waals surface area contributed by atoms with Gasteiger partial charge >= 0.3 is 0 Å². The lowest BCUT2D eigenvalue weighted by Crippen LogP contribution is -2.48. The number of nitrogens with one attached hydrogen (secondary N) is 2. The van der Waals surface area contributed by atoms with E-state index in [1.54, 1.807) is 0 Å². The second-order valence-corrected chi connectivity index (χ2v) is 8.10. The summed E-state index contributed by atoms with van der Waals surface area (Å²) in [6, 6.07) is 0. The number of hydrogen-bond acceptors (Lipinski definition) is 4. The Morgan fingerprint density at radius 2 is 2.00 bits per heavy atom. The number of hydrogen-bond donors (Lipinski definition) is 3. The Morgan fingerprint density at radius 1 is 1.27 bits per heavy atom. The van der Waals surface area contributed by atoms with Crippen LogP contribution in [-0.4, -0.2) is 74.0 Å². The van der Waals surface area contributed by atoms with Gasteiger partial charge in [-0.05, 0) is 38.5 Å². The van der Waals surface area contributed by atoms with E-state index < -0.39 is 5.60 Å². The molecule has 0 aromatic carbocycles. The summed E-state index contributed by atoms with van der Waals surface area (Å²) in [7, 11) is 0. The van der Waals surface area contributed by atoms with Crippen LogP contribution >= 0.6 is 24.0 Å². The maximum atomic E-state index is 10.7. The Kier molecular flexibility index (Phi) is 11.4. The summed E-state index contributed by atoms with van der Waals surface area (Å²) in [5.41, 5.74) is -0.820. The molecule has 0 aromatic rings. The third kappa shape index (κ3) is 9.19. The van der Waals surface area contributed by atoms with E-state index in [-0.39, 0.29) is 24.0 Å². The number of morpholine rings is 1. The fourth-order valence-electron chi connectivity index (χ4n) is 3.87. The van der Waals surface area contributed by atoms with Crippen LogP contribution in [0.4, 0.5) is 0 Å². The number of halogens is 1. The average molecular weight is 482 g/mol. The first kappa shape index (κ1) is 23.9. The first-order chi connectivity index (χ1) is 12.0. The van der Waals surface area contributed by atoms with Crippen LogP contribution in [0.15, 0.2) is 4.99 Å². The van der Waals surface area contributed by atoms with Gasteiger partial charge in [0.15, 0.2) is 5.96 Å². The average Bonchev–Trinajstić information content (AvgIpc) is 2.58. The van der Waals surface area contributed by atoms with Crippen molar-refractivity contribution in [3.63, 3.8) is 0 Å². The van der Waals surface area contributed by atoms with Crippen molar-refractivity contribution in [3.05, 3.63) is 0 Å². The quantitative estimate of drug-likeness (QED) is 0.295. The molecular formula is C19H39IN4O2. The summed E-state index contributed by atoms with van der Waals surface area (Å²) < 4.78 is 5.37. The molecule has 1 saturated carbocycles. The van der Waals surface area contributed by atoms with Gasteiger partial charge < -0.3 is 20.5 Å². The van der Waals surface area contributed by atoms with Gasteiger partial charge in [0.1, 0.15) is 0 Å². The molecule has 6 nitrogen and oxygen atoms in total. The number of aliphatic imine (C=N–C) groups is 1. The Hall–Kier alpha value is -0.120. The van der Waals surface area contributed by atoms with Crippen LogP contribution in [-0.2, 0) is 4.74 Å². The van der Waals surface area contributed by atoms with Gasteiger partial charge in [0, 0.05) is 32.7 Å². The first-order valence-electron chi connectivity index (χ1n) is 10.0. The summed E-state index contributed by atoms with van der Waals surface area (Å²) in [6.45, 7) is 12.4. The highest BCUT2D eigenvalue weighted by atomic mass is 127. The largest absolute Gasteiger partial charge is 0.387 e. The van der Waals surface area contributed by atoms with E-state index in [1.165, 1.54) is 25.7 Å². The number of aliphatic hydroxyl groups is 1. The van der Waals surface area contributed by atoms with Crippen molar-refractivity contribution < 1.29 is 9.84 Å². The summed E-state index contributed by atoms with van der Waals surface area (Å²) in [5, 5.41) is 17.5. The molecule has 7 heteroatoms. The normalized spacial score (nSPS) is 27.3. The number of rotatable bonds is 7. The lowest BCUT2D eigenvalue weighted by Gasteiger charge is -2.33. The van der Waals surface area contributed by atoms with Gasteiger partial charge in [-0.15, -0.1) is 24.0 Å². The van der Waals surface area contributed by atoms with E-state index in [2.05, 4.69) is 34.4 Å². The van der Waals surface area contributed by atoms with Gasteiger partial charge in [0.05, 0.1) is 25.4 Å². The maximum Gasteiger partial charge on any atom is 0.191 e. The number of ether oxygens (including phenoxy) is 1. The monoisotopic (exact) mass is 482 g/mol. The third-order valence-corrected chi connectivity index (χ3v) is 5.19. The zero-order chi connectivity index (χ0) is 18.1. The fraction of sp³-hybridized carbons (Fsp3) is 0.947. The minimum absolute atomic E-state index is 0. The van der Waals surface area contributed by atoms with Gasteiger partial charge in [0.2, 0.25) is 0 Å². The molecule has 0 aromatic heterocycles. The van der Waals surface area contributed by atoms with Crippen LogP contribution in [0.5, 0.6) is 0 Å². The molecule has 3 unspecified atom stereocenters. The van der Waals surface area contributed by atoms with Crippen LogP contribution in [0.25, 0.3) is 0 Å². The van der Waals surface area contributed by atoms with E-state index in [9.17, 15) is 5.11 Å². The smallest absolute Gasteiger partial charge is 0.191 e. The molecule has 0 bridgehead atoms. The highest BCUT2D eigenvalue weighted by Gasteiger charge is 2.25. The lowest BCUT2D eigenvalue weighted by atomic mass is 9.82. The van der Waals surface area contributed by atoms with Crippen molar-refractivity contribution in [3.8, 4) is 0 Å². The summed E-state index contributed by atoms with van der Waals surface area (Å²) in [4.78, 5) is 6.89. The van der Waals surface area contributed by atoms with E-state index in [1.807, 2.05) is 6.92 Å². The highest BCUT2D eigenvalue weighted by Crippen LogP contribution is 2.27. The van der Waals surface area contributed by atoms with Gasteiger partial charge in [0.25, 0.3) is 0 Å². The van der Waals surface area contributed by atoms with Crippen molar-refractivity contribution in [2.75, 3.05) is 52.5 Å². The molecule has 1 aliphatic heterocycles. The number of β-amino-alcohol motifs (C(OH)–C–C–N with tert-alkyl or cyclic N) is 1. The van der Waals surface area contributed by atoms with Gasteiger partial charge in [-0.1, -0.05) is 19.8 Å². The van der Waals surface area contributed by atoms with Crippen molar-refractivity contribution >= 4 is 29.9 Å². The summed E-state index contributed by atoms with van der Waals surface area (Å²) in [6.07, 6.45) is 5.33. The molecule has 2 rings (SSSR count). The molecule has 2 aliphatic rings. The second-order valence-electron chi connectivity index (χ2n) is 8.10. The van der Waals surface area contributed by atoms with E-state index in [0.29, 0.717) is 13.1 Å². The summed E-state index contributed by atoms with van der Waals surface area (Å²) in [5.74, 6) is 2.40. The van der Waals surface area contributed by atoms with Gasteiger partial charge in [-0.3, -0.25) is 9.89 Å². The van der Waals surface area contributed by atoms with Crippen molar-refractivity contribution in [1.29, 1.82) is 0 Å². The van der Waals surface area contributed by atoms with Crippen molar-refractivity contribution in [2.24, 2.45) is 16.8 Å². The van der Waals surface area contributed by atoms with E-state index in [4.69, 9.17) is 4.74 Å². The van der Waals surface area contributed by atoms with Crippen molar-refractivity contribution in [2.45, 2.75) is 52.1 Å². The molecule has 3 N–H and O–H groups in total. The zero-order valence-electron chi connectivity index (χ0n) is 16.8. The standard InChI is InChI=1S/C19H38N4O2.HI/c1-4-20-18(21-13-17-7-5-6-16(2)12-17)22-14-19(3,24)15-23-8-10-25-11-9-23;/h16-17,24H,4-15H2,1-3H3,(H2,20,21,22);1H. The predicted octanol–water partition coefficient (Wildman–Crippen LogP) is 2.07. The number of nitrogens with zero attached hydrogens (tertiary/aromatic N) is 2. The molecule has 26 heavy (non-hydrogen) atoms. The molecule has 0 radical (unpaired) electrons. The molecule has 0 amide bonds. The predicted molar refractivity (Wildman–Crippen MR) is 118 cm³/mol. The molecular weight excluding hydrogens is 443 g/mol. The fourth-order valence-corrected chi connectivity index (χ4v) is 3.87. The Balaban J connectivity index is 0.00000338. The topological polar surface area (TPSA) is 69.1 Å². The Bertz CT molecular complexity index is 414. The molecule has 1 aliphatic carbocycles. The Labute approximate surface area is 176 Å². The molecule has 2 fully saturated rings. The summed E-state index contributed by atoms with van der Waals surface area (Å²) >= 11 is 0. The zero-order valence-corrected chi connectivity index (χ0v) is 19.1.